The Morgan fingerprint density at radius 2 is 1.36 bits per heavy atom. The molecule has 5 heteroatoms. The Bertz CT molecular complexity index is 1080. The Balaban J connectivity index is 1.67. The first kappa shape index (κ1) is 24.5. The lowest BCUT2D eigenvalue weighted by Gasteiger charge is -2.55. The Hall–Kier alpha value is -3.15. The van der Waals surface area contributed by atoms with Gasteiger partial charge in [0.05, 0.1) is 11.1 Å². The number of piperazine rings is 1. The first-order valence-corrected chi connectivity index (χ1v) is 12.9. The third-order valence-corrected chi connectivity index (χ3v) is 7.75. The first-order chi connectivity index (χ1) is 17.3. The minimum Gasteiger partial charge on any atom is -0.444 e. The summed E-state index contributed by atoms with van der Waals surface area (Å²) in [6.07, 6.45) is 1.54. The summed E-state index contributed by atoms with van der Waals surface area (Å²) in [5.74, 6) is 0. The molecule has 0 aliphatic carbocycles. The first-order valence-electron chi connectivity index (χ1n) is 12.9. The number of fused-ring (bicyclic) bond motifs is 2. The van der Waals surface area contributed by atoms with E-state index in [4.69, 9.17) is 10.5 Å². The van der Waals surface area contributed by atoms with Crippen LogP contribution in [0.25, 0.3) is 0 Å². The third kappa shape index (κ3) is 4.10. The van der Waals surface area contributed by atoms with E-state index in [2.05, 4.69) is 95.9 Å². The molecule has 3 aromatic carbocycles. The van der Waals surface area contributed by atoms with E-state index in [0.717, 1.165) is 19.4 Å². The van der Waals surface area contributed by atoms with Crippen LogP contribution < -0.4 is 5.73 Å². The van der Waals surface area contributed by atoms with Crippen LogP contribution in [0.4, 0.5) is 4.79 Å². The number of nitrogens with two attached hydrogens (primary N) is 1. The van der Waals surface area contributed by atoms with Crippen molar-refractivity contribution in [3.63, 3.8) is 0 Å². The van der Waals surface area contributed by atoms with Crippen molar-refractivity contribution < 1.29 is 9.53 Å². The van der Waals surface area contributed by atoms with Crippen molar-refractivity contribution in [1.82, 2.24) is 9.80 Å². The topological polar surface area (TPSA) is 58.8 Å². The molecule has 2 N–H and O–H groups in total. The summed E-state index contributed by atoms with van der Waals surface area (Å²) in [7, 11) is 0. The standard InChI is InChI=1S/C31H37N3O2/c1-29(2,3)36-28(35)34-27-19-20-30(34,22-32)23-33(21-27)31(24-13-7-4-8-14-24,25-15-9-5-10-16-25)26-17-11-6-12-18-26/h4-18,27H,19-23,32H2,1-3H3. The lowest BCUT2D eigenvalue weighted by molar-refractivity contribution is -0.0462. The second-order valence-corrected chi connectivity index (χ2v) is 11.2. The molecule has 2 bridgehead atoms. The number of rotatable bonds is 5. The fourth-order valence-corrected chi connectivity index (χ4v) is 6.33. The van der Waals surface area contributed by atoms with Gasteiger partial charge in [-0.3, -0.25) is 9.80 Å². The summed E-state index contributed by atoms with van der Waals surface area (Å²) in [5, 5.41) is 0. The van der Waals surface area contributed by atoms with E-state index in [9.17, 15) is 4.79 Å². The van der Waals surface area contributed by atoms with E-state index in [1.807, 2.05) is 25.7 Å². The third-order valence-electron chi connectivity index (χ3n) is 7.75. The highest BCUT2D eigenvalue weighted by atomic mass is 16.6. The van der Waals surface area contributed by atoms with Crippen LogP contribution in [0.15, 0.2) is 91.0 Å². The van der Waals surface area contributed by atoms with Crippen molar-refractivity contribution in [2.24, 2.45) is 5.73 Å². The van der Waals surface area contributed by atoms with E-state index >= 15 is 0 Å². The number of benzene rings is 3. The zero-order chi connectivity index (χ0) is 25.4. The molecule has 5 rings (SSSR count). The van der Waals surface area contributed by atoms with Crippen LogP contribution in [-0.4, -0.2) is 52.7 Å². The Labute approximate surface area is 214 Å². The largest absolute Gasteiger partial charge is 0.444 e. The van der Waals surface area contributed by atoms with Gasteiger partial charge in [0.25, 0.3) is 0 Å². The Kier molecular flexibility index (Phi) is 6.39. The number of likely N-dealkylation sites (tertiary alicyclic amines) is 1. The van der Waals surface area contributed by atoms with Crippen molar-refractivity contribution in [1.29, 1.82) is 0 Å². The number of hydrogen-bond acceptors (Lipinski definition) is 4. The lowest BCUT2D eigenvalue weighted by Crippen LogP contribution is -2.69. The van der Waals surface area contributed by atoms with Gasteiger partial charge in [-0.05, 0) is 50.3 Å². The SMILES string of the molecule is CC(C)(C)OC(=O)N1C2CCC1(CN)CN(C(c1ccccc1)(c1ccccc1)c1ccccc1)C2. The molecule has 0 radical (unpaired) electrons. The lowest BCUT2D eigenvalue weighted by atomic mass is 9.74. The summed E-state index contributed by atoms with van der Waals surface area (Å²) in [4.78, 5) is 18.0. The molecule has 0 saturated carbocycles. The average molecular weight is 484 g/mol. The normalized spacial score (nSPS) is 22.4. The van der Waals surface area contributed by atoms with Crippen molar-refractivity contribution in [3.8, 4) is 0 Å². The molecule has 188 valence electrons. The van der Waals surface area contributed by atoms with Crippen LogP contribution in [-0.2, 0) is 10.3 Å². The van der Waals surface area contributed by atoms with Gasteiger partial charge in [-0.15, -0.1) is 0 Å². The van der Waals surface area contributed by atoms with Crippen LogP contribution in [0.1, 0.15) is 50.3 Å². The van der Waals surface area contributed by atoms with Crippen LogP contribution >= 0.6 is 0 Å². The molecule has 5 nitrogen and oxygen atoms in total. The molecule has 36 heavy (non-hydrogen) atoms. The molecule has 0 spiro atoms. The van der Waals surface area contributed by atoms with Crippen LogP contribution in [0.3, 0.4) is 0 Å². The summed E-state index contributed by atoms with van der Waals surface area (Å²) in [5.41, 5.74) is 8.59. The fraction of sp³-hybridized carbons (Fsp3) is 0.387. The van der Waals surface area contributed by atoms with Crippen LogP contribution in [0.2, 0.25) is 0 Å². The van der Waals surface area contributed by atoms with E-state index in [1.54, 1.807) is 0 Å². The van der Waals surface area contributed by atoms with E-state index in [-0.39, 0.29) is 12.1 Å². The number of carbonyl (C=O) groups is 1. The van der Waals surface area contributed by atoms with E-state index in [0.29, 0.717) is 13.1 Å². The predicted molar refractivity (Wildman–Crippen MR) is 144 cm³/mol. The molecule has 2 unspecified atom stereocenters. The van der Waals surface area contributed by atoms with Gasteiger partial charge in [-0.25, -0.2) is 4.79 Å². The second kappa shape index (κ2) is 9.38. The van der Waals surface area contributed by atoms with Crippen LogP contribution in [0, 0.1) is 0 Å². The van der Waals surface area contributed by atoms with Crippen molar-refractivity contribution in [3.05, 3.63) is 108 Å². The smallest absolute Gasteiger partial charge is 0.411 e. The Morgan fingerprint density at radius 3 is 1.78 bits per heavy atom. The van der Waals surface area contributed by atoms with Gasteiger partial charge in [0.15, 0.2) is 0 Å². The minimum atomic E-state index is -0.550. The quantitative estimate of drug-likeness (QED) is 0.494. The number of carbonyl (C=O) groups excluding carboxylic acids is 1. The zero-order valence-electron chi connectivity index (χ0n) is 21.6. The van der Waals surface area contributed by atoms with E-state index in [1.165, 1.54) is 16.7 Å². The maximum Gasteiger partial charge on any atom is 0.411 e. The highest BCUT2D eigenvalue weighted by Gasteiger charge is 2.58. The minimum absolute atomic E-state index is 0.0349. The highest BCUT2D eigenvalue weighted by molar-refractivity contribution is 5.71. The second-order valence-electron chi connectivity index (χ2n) is 11.2. The Morgan fingerprint density at radius 1 is 0.889 bits per heavy atom. The summed E-state index contributed by atoms with van der Waals surface area (Å²) >= 11 is 0. The maximum absolute atomic E-state index is 13.4. The zero-order valence-corrected chi connectivity index (χ0v) is 21.6. The molecule has 2 fully saturated rings. The van der Waals surface area contributed by atoms with Crippen molar-refractivity contribution in [2.75, 3.05) is 19.6 Å². The number of ether oxygens (including phenoxy) is 1. The summed E-state index contributed by atoms with van der Waals surface area (Å²) in [6.45, 7) is 7.56. The van der Waals surface area contributed by atoms with E-state index < -0.39 is 16.7 Å². The molecule has 3 aromatic rings. The molecule has 2 atom stereocenters. The number of amides is 1. The van der Waals surface area contributed by atoms with Gasteiger partial charge in [0.1, 0.15) is 5.60 Å². The predicted octanol–water partition coefficient (Wildman–Crippen LogP) is 5.39. The van der Waals surface area contributed by atoms with Crippen molar-refractivity contribution >= 4 is 6.09 Å². The monoisotopic (exact) mass is 483 g/mol. The van der Waals surface area contributed by atoms with Gasteiger partial charge < -0.3 is 10.5 Å². The molecular formula is C31H37N3O2. The number of hydrogen-bond donors (Lipinski definition) is 1. The fourth-order valence-electron chi connectivity index (χ4n) is 6.33. The summed E-state index contributed by atoms with van der Waals surface area (Å²) in [6, 6.07) is 32.2. The van der Waals surface area contributed by atoms with Gasteiger partial charge in [-0.2, -0.15) is 0 Å². The molecule has 2 aliphatic heterocycles. The molecule has 2 saturated heterocycles. The van der Waals surface area contributed by atoms with Gasteiger partial charge in [0, 0.05) is 25.7 Å². The van der Waals surface area contributed by atoms with Gasteiger partial charge in [0.2, 0.25) is 0 Å². The highest BCUT2D eigenvalue weighted by Crippen LogP contribution is 2.48. The molecule has 2 heterocycles. The molecule has 0 aromatic heterocycles. The maximum atomic E-state index is 13.4. The summed E-state index contributed by atoms with van der Waals surface area (Å²) < 4.78 is 5.87. The van der Waals surface area contributed by atoms with Crippen molar-refractivity contribution in [2.45, 2.75) is 56.3 Å². The van der Waals surface area contributed by atoms with Gasteiger partial charge in [-0.1, -0.05) is 91.0 Å². The van der Waals surface area contributed by atoms with Gasteiger partial charge >= 0.3 is 6.09 Å². The number of nitrogens with zero attached hydrogens (tertiary/aromatic N) is 2. The average Bonchev–Trinajstić information content (AvgIpc) is 3.13. The molecular weight excluding hydrogens is 446 g/mol. The molecule has 1 amide bonds. The molecule has 2 aliphatic rings. The van der Waals surface area contributed by atoms with Crippen LogP contribution in [0.5, 0.6) is 0 Å².